The highest BCUT2D eigenvalue weighted by Crippen LogP contribution is 2.37. The van der Waals surface area contributed by atoms with E-state index < -0.39 is 10.0 Å². The van der Waals surface area contributed by atoms with E-state index in [1.54, 1.807) is 4.31 Å². The zero-order valence-corrected chi connectivity index (χ0v) is 12.5. The number of hydrogen-bond acceptors (Lipinski definition) is 3. The van der Waals surface area contributed by atoms with E-state index in [4.69, 9.17) is 5.73 Å². The van der Waals surface area contributed by atoms with Crippen molar-refractivity contribution >= 4 is 10.0 Å². The summed E-state index contributed by atoms with van der Waals surface area (Å²) in [4.78, 5) is 0. The lowest BCUT2D eigenvalue weighted by Gasteiger charge is -2.22. The molecule has 2 aliphatic rings. The Hall–Kier alpha value is -0.910. The largest absolute Gasteiger partial charge is 0.326 e. The van der Waals surface area contributed by atoms with Crippen molar-refractivity contribution < 1.29 is 8.42 Å². The second kappa shape index (κ2) is 5.47. The number of benzene rings is 1. The molecule has 0 aliphatic heterocycles. The summed E-state index contributed by atoms with van der Waals surface area (Å²) in [6.07, 6.45) is 4.39. The highest BCUT2D eigenvalue weighted by molar-refractivity contribution is 7.88. The monoisotopic (exact) mass is 294 g/mol. The minimum Gasteiger partial charge on any atom is -0.326 e. The van der Waals surface area contributed by atoms with Gasteiger partial charge in [-0.25, -0.2) is 8.42 Å². The van der Waals surface area contributed by atoms with Gasteiger partial charge in [-0.3, -0.25) is 0 Å². The van der Waals surface area contributed by atoms with Crippen LogP contribution in [0.5, 0.6) is 0 Å². The number of nitrogens with two attached hydrogens (primary N) is 1. The molecular formula is C15H22N2O2S. The van der Waals surface area contributed by atoms with Gasteiger partial charge in [0.1, 0.15) is 0 Å². The Bertz CT molecular complexity index is 577. The second-order valence-electron chi connectivity index (χ2n) is 5.97. The smallest absolute Gasteiger partial charge is 0.218 e. The fourth-order valence-corrected chi connectivity index (χ4v) is 4.53. The van der Waals surface area contributed by atoms with Crippen molar-refractivity contribution in [2.24, 2.45) is 11.7 Å². The summed E-state index contributed by atoms with van der Waals surface area (Å²) < 4.78 is 27.2. The maximum Gasteiger partial charge on any atom is 0.218 e. The SMILES string of the molecule is NCc1ccccc1CS(=O)(=O)N(CC1CC1)C1CC1. The van der Waals surface area contributed by atoms with Crippen molar-refractivity contribution in [2.75, 3.05) is 6.54 Å². The van der Waals surface area contributed by atoms with Crippen molar-refractivity contribution in [2.45, 2.75) is 44.0 Å². The third-order valence-electron chi connectivity index (χ3n) is 4.12. The lowest BCUT2D eigenvalue weighted by atomic mass is 10.1. The van der Waals surface area contributed by atoms with Gasteiger partial charge < -0.3 is 5.73 Å². The van der Waals surface area contributed by atoms with Crippen LogP contribution >= 0.6 is 0 Å². The summed E-state index contributed by atoms with van der Waals surface area (Å²) in [5, 5.41) is 0. The first-order valence-electron chi connectivity index (χ1n) is 7.36. The number of sulfonamides is 1. The highest BCUT2D eigenvalue weighted by Gasteiger charge is 2.40. The van der Waals surface area contributed by atoms with Gasteiger partial charge in [-0.15, -0.1) is 0 Å². The molecule has 1 aromatic carbocycles. The fraction of sp³-hybridized carbons (Fsp3) is 0.600. The quantitative estimate of drug-likeness (QED) is 0.834. The van der Waals surface area contributed by atoms with E-state index in [0.717, 1.165) is 30.5 Å². The molecule has 20 heavy (non-hydrogen) atoms. The van der Waals surface area contributed by atoms with Gasteiger partial charge in [0.25, 0.3) is 0 Å². The van der Waals surface area contributed by atoms with Crippen molar-refractivity contribution in [3.8, 4) is 0 Å². The van der Waals surface area contributed by atoms with Crippen molar-refractivity contribution in [3.05, 3.63) is 35.4 Å². The van der Waals surface area contributed by atoms with Gasteiger partial charge in [0.2, 0.25) is 10.0 Å². The van der Waals surface area contributed by atoms with E-state index in [9.17, 15) is 8.42 Å². The van der Waals surface area contributed by atoms with Crippen LogP contribution in [0.3, 0.4) is 0 Å². The van der Waals surface area contributed by atoms with Gasteiger partial charge in [0.15, 0.2) is 0 Å². The molecule has 5 heteroatoms. The zero-order valence-electron chi connectivity index (χ0n) is 11.7. The first-order valence-corrected chi connectivity index (χ1v) is 8.97. The number of hydrogen-bond donors (Lipinski definition) is 1. The summed E-state index contributed by atoms with van der Waals surface area (Å²) in [6, 6.07) is 7.83. The molecule has 4 nitrogen and oxygen atoms in total. The molecule has 0 bridgehead atoms. The minimum absolute atomic E-state index is 0.0869. The van der Waals surface area contributed by atoms with Gasteiger partial charge >= 0.3 is 0 Å². The molecule has 0 radical (unpaired) electrons. The molecule has 0 amide bonds. The first kappa shape index (κ1) is 14.0. The lowest BCUT2D eigenvalue weighted by Crippen LogP contribution is -2.36. The molecule has 2 fully saturated rings. The Balaban J connectivity index is 1.79. The molecule has 110 valence electrons. The molecule has 0 aromatic heterocycles. The van der Waals surface area contributed by atoms with Crippen LogP contribution in [0.4, 0.5) is 0 Å². The Kier molecular flexibility index (Phi) is 3.84. The van der Waals surface area contributed by atoms with Crippen LogP contribution in [0.15, 0.2) is 24.3 Å². The van der Waals surface area contributed by atoms with E-state index in [-0.39, 0.29) is 11.8 Å². The Morgan fingerprint density at radius 3 is 2.30 bits per heavy atom. The van der Waals surface area contributed by atoms with Crippen LogP contribution in [0.2, 0.25) is 0 Å². The van der Waals surface area contributed by atoms with Gasteiger partial charge in [-0.2, -0.15) is 4.31 Å². The molecule has 0 atom stereocenters. The highest BCUT2D eigenvalue weighted by atomic mass is 32.2. The van der Waals surface area contributed by atoms with Crippen molar-refractivity contribution in [3.63, 3.8) is 0 Å². The Labute approximate surface area is 121 Å². The Morgan fingerprint density at radius 2 is 1.75 bits per heavy atom. The number of rotatable bonds is 7. The first-order chi connectivity index (χ1) is 9.60. The maximum absolute atomic E-state index is 12.7. The third kappa shape index (κ3) is 3.22. The molecule has 0 spiro atoms. The van der Waals surface area contributed by atoms with Crippen LogP contribution in [0.25, 0.3) is 0 Å². The van der Waals surface area contributed by atoms with Crippen molar-refractivity contribution in [1.82, 2.24) is 4.31 Å². The van der Waals surface area contributed by atoms with Crippen LogP contribution < -0.4 is 5.73 Å². The van der Waals surface area contributed by atoms with Crippen LogP contribution in [-0.4, -0.2) is 25.3 Å². The average Bonchev–Trinajstić information content (AvgIpc) is 3.28. The third-order valence-corrected chi connectivity index (χ3v) is 5.96. The molecule has 0 heterocycles. The number of nitrogens with zero attached hydrogens (tertiary/aromatic N) is 1. The van der Waals surface area contributed by atoms with E-state index in [1.165, 1.54) is 12.8 Å². The van der Waals surface area contributed by atoms with E-state index in [0.29, 0.717) is 12.5 Å². The van der Waals surface area contributed by atoms with Gasteiger partial charge in [0, 0.05) is 19.1 Å². The molecule has 1 aromatic rings. The molecule has 0 saturated heterocycles. The molecule has 0 unspecified atom stereocenters. The second-order valence-corrected chi connectivity index (χ2v) is 7.89. The Morgan fingerprint density at radius 1 is 1.10 bits per heavy atom. The van der Waals surface area contributed by atoms with Gasteiger partial charge in [0.05, 0.1) is 5.75 Å². The summed E-state index contributed by atoms with van der Waals surface area (Å²) in [7, 11) is -3.22. The van der Waals surface area contributed by atoms with Gasteiger partial charge in [-0.1, -0.05) is 24.3 Å². The zero-order chi connectivity index (χ0) is 14.2. The predicted octanol–water partition coefficient (Wildman–Crippen LogP) is 1.85. The maximum atomic E-state index is 12.7. The average molecular weight is 294 g/mol. The van der Waals surface area contributed by atoms with E-state index in [2.05, 4.69) is 0 Å². The molecule has 2 N–H and O–H groups in total. The molecular weight excluding hydrogens is 272 g/mol. The predicted molar refractivity (Wildman–Crippen MR) is 79.4 cm³/mol. The molecule has 3 rings (SSSR count). The normalized spacial score (nSPS) is 19.5. The van der Waals surface area contributed by atoms with Crippen LogP contribution in [0.1, 0.15) is 36.8 Å². The standard InChI is InChI=1S/C15H22N2O2S/c16-9-13-3-1-2-4-14(13)11-20(18,19)17(15-7-8-15)10-12-5-6-12/h1-4,12,15H,5-11,16H2. The lowest BCUT2D eigenvalue weighted by molar-refractivity contribution is 0.388. The van der Waals surface area contributed by atoms with Crippen molar-refractivity contribution in [1.29, 1.82) is 0 Å². The van der Waals surface area contributed by atoms with E-state index >= 15 is 0 Å². The van der Waals surface area contributed by atoms with Gasteiger partial charge in [-0.05, 0) is 42.7 Å². The molecule has 2 saturated carbocycles. The van der Waals surface area contributed by atoms with E-state index in [1.807, 2.05) is 24.3 Å². The summed E-state index contributed by atoms with van der Waals surface area (Å²) in [6.45, 7) is 1.11. The van der Waals surface area contributed by atoms with Crippen LogP contribution in [0, 0.1) is 5.92 Å². The molecule has 2 aliphatic carbocycles. The summed E-state index contributed by atoms with van der Waals surface area (Å²) >= 11 is 0. The fourth-order valence-electron chi connectivity index (χ4n) is 2.58. The summed E-state index contributed by atoms with van der Waals surface area (Å²) in [5.74, 6) is 0.680. The topological polar surface area (TPSA) is 63.4 Å². The van der Waals surface area contributed by atoms with Crippen LogP contribution in [-0.2, 0) is 22.3 Å². The summed E-state index contributed by atoms with van der Waals surface area (Å²) in [5.41, 5.74) is 7.47. The minimum atomic E-state index is -3.22.